The van der Waals surface area contributed by atoms with E-state index in [1.54, 1.807) is 0 Å². The fourth-order valence-electron chi connectivity index (χ4n) is 2.07. The second kappa shape index (κ2) is 5.04. The number of hydrogen-bond acceptors (Lipinski definition) is 3. The minimum absolute atomic E-state index is 0.150. The molecule has 88 valence electrons. The number of aliphatic hydroxyl groups excluding tert-OH is 1. The number of nitrogens with zero attached hydrogens (tertiary/aromatic N) is 1. The molecule has 0 bridgehead atoms. The second-order valence-corrected chi connectivity index (χ2v) is 4.71. The number of nitrogens with one attached hydrogen (secondary N) is 1. The monoisotopic (exact) mass is 240 g/mol. The molecule has 0 aromatic heterocycles. The Kier molecular flexibility index (Phi) is 3.69. The molecule has 1 fully saturated rings. The smallest absolute Gasteiger partial charge is 0.0647 e. The average Bonchev–Trinajstić information content (AvgIpc) is 2.30. The lowest BCUT2D eigenvalue weighted by molar-refractivity contribution is 0.237. The molecule has 2 N–H and O–H groups in total. The lowest BCUT2D eigenvalue weighted by Gasteiger charge is -2.40. The van der Waals surface area contributed by atoms with Crippen molar-refractivity contribution in [3.05, 3.63) is 29.3 Å². The molecule has 1 heterocycles. The zero-order chi connectivity index (χ0) is 11.5. The van der Waals surface area contributed by atoms with Crippen LogP contribution < -0.4 is 10.2 Å². The van der Waals surface area contributed by atoms with Crippen molar-refractivity contribution >= 4 is 17.3 Å². The lowest BCUT2D eigenvalue weighted by Crippen LogP contribution is -2.57. The van der Waals surface area contributed by atoms with Gasteiger partial charge in [-0.05, 0) is 31.2 Å². The van der Waals surface area contributed by atoms with Gasteiger partial charge in [0, 0.05) is 29.8 Å². The fourth-order valence-corrected chi connectivity index (χ4v) is 2.19. The van der Waals surface area contributed by atoms with Crippen LogP contribution in [0.1, 0.15) is 6.92 Å². The summed E-state index contributed by atoms with van der Waals surface area (Å²) in [5.74, 6) is 0. The van der Waals surface area contributed by atoms with Crippen LogP contribution in [0, 0.1) is 0 Å². The Hall–Kier alpha value is -0.770. The normalized spacial score (nSPS) is 25.8. The Morgan fingerprint density at radius 2 is 2.12 bits per heavy atom. The van der Waals surface area contributed by atoms with Crippen LogP contribution in [0.25, 0.3) is 0 Å². The van der Waals surface area contributed by atoms with Crippen molar-refractivity contribution in [3.63, 3.8) is 0 Å². The van der Waals surface area contributed by atoms with E-state index in [0.717, 1.165) is 23.8 Å². The average molecular weight is 241 g/mol. The SMILES string of the molecule is CC1CN(c2ccc(Cl)cc2)C(CO)CN1. The van der Waals surface area contributed by atoms with Crippen LogP contribution in [-0.2, 0) is 0 Å². The number of rotatable bonds is 2. The van der Waals surface area contributed by atoms with Crippen molar-refractivity contribution < 1.29 is 5.11 Å². The van der Waals surface area contributed by atoms with Gasteiger partial charge in [-0.25, -0.2) is 0 Å². The molecule has 3 nitrogen and oxygen atoms in total. The highest BCUT2D eigenvalue weighted by atomic mass is 35.5. The Morgan fingerprint density at radius 3 is 2.75 bits per heavy atom. The van der Waals surface area contributed by atoms with E-state index >= 15 is 0 Å². The molecule has 0 aliphatic carbocycles. The molecular formula is C12H17ClN2O. The lowest BCUT2D eigenvalue weighted by atomic mass is 10.1. The summed E-state index contributed by atoms with van der Waals surface area (Å²) in [6, 6.07) is 8.37. The topological polar surface area (TPSA) is 35.5 Å². The Bertz CT molecular complexity index is 341. The minimum atomic E-state index is 0.150. The molecule has 1 aliphatic rings. The maximum absolute atomic E-state index is 9.36. The predicted octanol–water partition coefficient (Wildman–Crippen LogP) is 1.50. The van der Waals surface area contributed by atoms with Crippen molar-refractivity contribution in [2.24, 2.45) is 0 Å². The van der Waals surface area contributed by atoms with Crippen molar-refractivity contribution in [2.45, 2.75) is 19.0 Å². The fraction of sp³-hybridized carbons (Fsp3) is 0.500. The van der Waals surface area contributed by atoms with E-state index < -0.39 is 0 Å². The largest absolute Gasteiger partial charge is 0.394 e. The number of hydrogen-bond donors (Lipinski definition) is 2. The van der Waals surface area contributed by atoms with Gasteiger partial charge in [0.1, 0.15) is 0 Å². The van der Waals surface area contributed by atoms with Gasteiger partial charge in [-0.3, -0.25) is 0 Å². The van der Waals surface area contributed by atoms with Crippen molar-refractivity contribution in [1.82, 2.24) is 5.32 Å². The first kappa shape index (κ1) is 11.7. The molecule has 16 heavy (non-hydrogen) atoms. The molecule has 1 aliphatic heterocycles. The highest BCUT2D eigenvalue weighted by Gasteiger charge is 2.25. The van der Waals surface area contributed by atoms with Crippen LogP contribution in [0.5, 0.6) is 0 Å². The van der Waals surface area contributed by atoms with Crippen LogP contribution in [0.3, 0.4) is 0 Å². The van der Waals surface area contributed by atoms with Gasteiger partial charge in [-0.1, -0.05) is 11.6 Å². The summed E-state index contributed by atoms with van der Waals surface area (Å²) in [4.78, 5) is 2.23. The molecule has 4 heteroatoms. The van der Waals surface area contributed by atoms with E-state index in [2.05, 4.69) is 17.1 Å². The van der Waals surface area contributed by atoms with Crippen molar-refractivity contribution in [1.29, 1.82) is 0 Å². The van der Waals surface area contributed by atoms with Crippen LogP contribution in [0.15, 0.2) is 24.3 Å². The van der Waals surface area contributed by atoms with Gasteiger partial charge >= 0.3 is 0 Å². The molecule has 2 unspecified atom stereocenters. The van der Waals surface area contributed by atoms with Gasteiger partial charge < -0.3 is 15.3 Å². The van der Waals surface area contributed by atoms with Gasteiger partial charge in [0.2, 0.25) is 0 Å². The highest BCUT2D eigenvalue weighted by Crippen LogP contribution is 2.21. The van der Waals surface area contributed by atoms with E-state index in [4.69, 9.17) is 11.6 Å². The summed E-state index contributed by atoms with van der Waals surface area (Å²) >= 11 is 5.87. The molecular weight excluding hydrogens is 224 g/mol. The van der Waals surface area contributed by atoms with Crippen LogP contribution in [0.4, 0.5) is 5.69 Å². The van der Waals surface area contributed by atoms with E-state index in [1.807, 2.05) is 24.3 Å². The first-order chi connectivity index (χ1) is 7.70. The maximum Gasteiger partial charge on any atom is 0.0647 e. The van der Waals surface area contributed by atoms with Crippen LogP contribution in [-0.4, -0.2) is 36.9 Å². The van der Waals surface area contributed by atoms with Gasteiger partial charge in [-0.2, -0.15) is 0 Å². The first-order valence-electron chi connectivity index (χ1n) is 5.57. The third-order valence-corrected chi connectivity index (χ3v) is 3.23. The molecule has 1 saturated heterocycles. The van der Waals surface area contributed by atoms with Crippen LogP contribution in [0.2, 0.25) is 5.02 Å². The van der Waals surface area contributed by atoms with E-state index in [-0.39, 0.29) is 12.6 Å². The zero-order valence-electron chi connectivity index (χ0n) is 9.36. The summed E-state index contributed by atoms with van der Waals surface area (Å²) in [6.45, 7) is 4.05. The standard InChI is InChI=1S/C12H17ClN2O/c1-9-7-15(12(8-16)6-14-9)11-4-2-10(13)3-5-11/h2-5,9,12,14,16H,6-8H2,1H3. The zero-order valence-corrected chi connectivity index (χ0v) is 10.1. The minimum Gasteiger partial charge on any atom is -0.394 e. The molecule has 0 saturated carbocycles. The first-order valence-corrected chi connectivity index (χ1v) is 5.95. The number of aliphatic hydroxyl groups is 1. The maximum atomic E-state index is 9.36. The number of piperazine rings is 1. The molecule has 2 atom stereocenters. The van der Waals surface area contributed by atoms with Gasteiger partial charge in [0.05, 0.1) is 12.6 Å². The summed E-state index contributed by atoms with van der Waals surface area (Å²) in [5.41, 5.74) is 1.12. The third-order valence-electron chi connectivity index (χ3n) is 2.98. The Balaban J connectivity index is 2.18. The molecule has 0 radical (unpaired) electrons. The summed E-state index contributed by atoms with van der Waals surface area (Å²) < 4.78 is 0. The van der Waals surface area contributed by atoms with Gasteiger partial charge in [0.15, 0.2) is 0 Å². The summed E-state index contributed by atoms with van der Waals surface area (Å²) in [5, 5.41) is 13.5. The van der Waals surface area contributed by atoms with E-state index in [9.17, 15) is 5.11 Å². The molecule has 1 aromatic rings. The predicted molar refractivity (Wildman–Crippen MR) is 67.1 cm³/mol. The van der Waals surface area contributed by atoms with Crippen LogP contribution >= 0.6 is 11.6 Å². The van der Waals surface area contributed by atoms with Crippen molar-refractivity contribution in [2.75, 3.05) is 24.6 Å². The Morgan fingerprint density at radius 1 is 1.44 bits per heavy atom. The molecule has 0 amide bonds. The van der Waals surface area contributed by atoms with E-state index in [1.165, 1.54) is 0 Å². The molecule has 0 spiro atoms. The van der Waals surface area contributed by atoms with Gasteiger partial charge in [-0.15, -0.1) is 0 Å². The summed E-state index contributed by atoms with van der Waals surface area (Å²) in [7, 11) is 0. The number of halogens is 1. The van der Waals surface area contributed by atoms with Gasteiger partial charge in [0.25, 0.3) is 0 Å². The third kappa shape index (κ3) is 2.48. The number of anilines is 1. The second-order valence-electron chi connectivity index (χ2n) is 4.27. The Labute approximate surface area is 101 Å². The van der Waals surface area contributed by atoms with Crippen molar-refractivity contribution in [3.8, 4) is 0 Å². The van der Waals surface area contributed by atoms with E-state index in [0.29, 0.717) is 6.04 Å². The highest BCUT2D eigenvalue weighted by molar-refractivity contribution is 6.30. The molecule has 2 rings (SSSR count). The molecule has 1 aromatic carbocycles. The quantitative estimate of drug-likeness (QED) is 0.823. The number of benzene rings is 1. The summed E-state index contributed by atoms with van der Waals surface area (Å²) in [6.07, 6.45) is 0.